The predicted octanol–water partition coefficient (Wildman–Crippen LogP) is -0.937. The summed E-state index contributed by atoms with van der Waals surface area (Å²) in [5.74, 6) is -2.82. The van der Waals surface area contributed by atoms with Gasteiger partial charge in [0.05, 0.1) is 0 Å². The summed E-state index contributed by atoms with van der Waals surface area (Å²) in [6, 6.07) is 0. The lowest BCUT2D eigenvalue weighted by molar-refractivity contribution is -0.205. The molecule has 5 atom stereocenters. The minimum Gasteiger partial charge on any atom is -0.452 e. The van der Waals surface area contributed by atoms with Crippen LogP contribution in [-0.2, 0) is 42.9 Å². The van der Waals surface area contributed by atoms with Gasteiger partial charge in [-0.25, -0.2) is 4.79 Å². The molecule has 2 rings (SSSR count). The quantitative estimate of drug-likeness (QED) is 0.481. The number of hydrogen-bond acceptors (Lipinski definition) is 9. The Balaban J connectivity index is 2.19. The number of carbonyl (C=O) groups excluding carboxylic acids is 4. The smallest absolute Gasteiger partial charge is 0.350 e. The number of hydrogen-bond donors (Lipinski definition) is 0. The summed E-state index contributed by atoms with van der Waals surface area (Å²) in [5, 5.41) is 0. The van der Waals surface area contributed by atoms with Gasteiger partial charge in [0.15, 0.2) is 12.2 Å². The van der Waals surface area contributed by atoms with Crippen molar-refractivity contribution in [2.75, 3.05) is 0 Å². The number of carbonyl (C=O) groups is 4. The van der Waals surface area contributed by atoms with E-state index >= 15 is 0 Å². The van der Waals surface area contributed by atoms with E-state index in [4.69, 9.17) is 23.7 Å². The van der Waals surface area contributed by atoms with Crippen LogP contribution in [0.15, 0.2) is 0 Å². The molecule has 116 valence electrons. The van der Waals surface area contributed by atoms with Gasteiger partial charge < -0.3 is 23.7 Å². The van der Waals surface area contributed by atoms with Crippen molar-refractivity contribution in [3.63, 3.8) is 0 Å². The molecule has 0 aliphatic carbocycles. The van der Waals surface area contributed by atoms with E-state index in [0.717, 1.165) is 20.8 Å². The fraction of sp³-hybridized carbons (Fsp3) is 0.667. The number of esters is 4. The first-order valence-corrected chi connectivity index (χ1v) is 6.17. The van der Waals surface area contributed by atoms with E-state index in [-0.39, 0.29) is 0 Å². The summed E-state index contributed by atoms with van der Waals surface area (Å²) < 4.78 is 25.1. The molecular formula is C12H14O9. The zero-order valence-electron chi connectivity index (χ0n) is 11.6. The first-order chi connectivity index (χ1) is 9.79. The number of ether oxygens (including phenoxy) is 5. The van der Waals surface area contributed by atoms with Crippen LogP contribution in [0.3, 0.4) is 0 Å². The van der Waals surface area contributed by atoms with Crippen LogP contribution >= 0.6 is 0 Å². The minimum atomic E-state index is -1.29. The first-order valence-electron chi connectivity index (χ1n) is 6.17. The highest BCUT2D eigenvalue weighted by molar-refractivity contribution is 5.82. The van der Waals surface area contributed by atoms with E-state index < -0.39 is 54.6 Å². The molecular weight excluding hydrogens is 288 g/mol. The first kappa shape index (κ1) is 15.2. The number of fused-ring (bicyclic) bond motifs is 1. The van der Waals surface area contributed by atoms with Crippen LogP contribution in [0.1, 0.15) is 20.8 Å². The van der Waals surface area contributed by atoms with Crippen molar-refractivity contribution in [1.29, 1.82) is 0 Å². The molecule has 2 aliphatic heterocycles. The van der Waals surface area contributed by atoms with E-state index in [1.165, 1.54) is 0 Å². The highest BCUT2D eigenvalue weighted by Gasteiger charge is 2.61. The molecule has 0 amide bonds. The van der Waals surface area contributed by atoms with Gasteiger partial charge in [-0.05, 0) is 0 Å². The lowest BCUT2D eigenvalue weighted by Crippen LogP contribution is -2.38. The maximum atomic E-state index is 11.7. The molecule has 21 heavy (non-hydrogen) atoms. The molecule has 0 aromatic carbocycles. The van der Waals surface area contributed by atoms with Crippen LogP contribution in [0.4, 0.5) is 0 Å². The normalized spacial score (nSPS) is 33.9. The van der Waals surface area contributed by atoms with E-state index in [2.05, 4.69) is 0 Å². The van der Waals surface area contributed by atoms with E-state index in [1.54, 1.807) is 0 Å². The largest absolute Gasteiger partial charge is 0.452 e. The summed E-state index contributed by atoms with van der Waals surface area (Å²) in [4.78, 5) is 44.8. The third kappa shape index (κ3) is 3.13. The Bertz CT molecular complexity index is 485. The van der Waals surface area contributed by atoms with Crippen LogP contribution in [0.25, 0.3) is 0 Å². The van der Waals surface area contributed by atoms with E-state index in [9.17, 15) is 19.2 Å². The molecule has 9 heteroatoms. The topological polar surface area (TPSA) is 114 Å². The molecule has 2 aliphatic rings. The van der Waals surface area contributed by atoms with E-state index in [0.29, 0.717) is 0 Å². The third-order valence-corrected chi connectivity index (χ3v) is 2.87. The lowest BCUT2D eigenvalue weighted by Gasteiger charge is -2.20. The van der Waals surface area contributed by atoms with Crippen molar-refractivity contribution >= 4 is 23.9 Å². The standard InChI is InChI=1S/C12H14O9/c1-4(13)17-9-7-8(20-11(9)16)10(18-5(2)14)12(21-7)19-6(3)15/h7-10,12H,1-3H3. The van der Waals surface area contributed by atoms with Gasteiger partial charge in [-0.2, -0.15) is 0 Å². The maximum Gasteiger partial charge on any atom is 0.350 e. The Morgan fingerprint density at radius 2 is 1.48 bits per heavy atom. The summed E-state index contributed by atoms with van der Waals surface area (Å²) >= 11 is 0. The Morgan fingerprint density at radius 1 is 0.905 bits per heavy atom. The molecule has 0 radical (unpaired) electrons. The second-order valence-corrected chi connectivity index (χ2v) is 4.58. The van der Waals surface area contributed by atoms with Gasteiger partial charge in [0.2, 0.25) is 18.5 Å². The Morgan fingerprint density at radius 3 is 2.00 bits per heavy atom. The molecule has 0 aromatic rings. The third-order valence-electron chi connectivity index (χ3n) is 2.87. The van der Waals surface area contributed by atoms with Crippen LogP contribution < -0.4 is 0 Å². The summed E-state index contributed by atoms with van der Waals surface area (Å²) in [5.41, 5.74) is 0. The van der Waals surface area contributed by atoms with Crippen molar-refractivity contribution in [1.82, 2.24) is 0 Å². The van der Waals surface area contributed by atoms with Crippen LogP contribution in [0, 0.1) is 0 Å². The van der Waals surface area contributed by atoms with Crippen molar-refractivity contribution in [2.24, 2.45) is 0 Å². The Hall–Kier alpha value is -2.16. The Kier molecular flexibility index (Phi) is 4.12. The van der Waals surface area contributed by atoms with Crippen molar-refractivity contribution < 1.29 is 42.9 Å². The minimum absolute atomic E-state index is 0.659. The summed E-state index contributed by atoms with van der Waals surface area (Å²) in [6.07, 6.45) is -5.63. The average Bonchev–Trinajstić information content (AvgIpc) is 2.78. The second kappa shape index (κ2) is 5.68. The average molecular weight is 302 g/mol. The van der Waals surface area contributed by atoms with Crippen molar-refractivity contribution in [3.8, 4) is 0 Å². The monoisotopic (exact) mass is 302 g/mol. The molecule has 0 bridgehead atoms. The van der Waals surface area contributed by atoms with Gasteiger partial charge in [-0.15, -0.1) is 0 Å². The summed E-state index contributed by atoms with van der Waals surface area (Å²) in [6.45, 7) is 3.43. The van der Waals surface area contributed by atoms with Gasteiger partial charge in [-0.1, -0.05) is 0 Å². The van der Waals surface area contributed by atoms with Crippen molar-refractivity contribution in [3.05, 3.63) is 0 Å². The molecule has 5 unspecified atom stereocenters. The SMILES string of the molecule is CC(=O)OC1OC2C(OC(C)=O)C(=O)OC2C1OC(C)=O. The van der Waals surface area contributed by atoms with Crippen LogP contribution in [0.2, 0.25) is 0 Å². The van der Waals surface area contributed by atoms with Gasteiger partial charge in [0.1, 0.15) is 0 Å². The van der Waals surface area contributed by atoms with Gasteiger partial charge in [-0.3, -0.25) is 14.4 Å². The molecule has 0 spiro atoms. The molecule has 2 saturated heterocycles. The van der Waals surface area contributed by atoms with Crippen LogP contribution in [0.5, 0.6) is 0 Å². The molecule has 2 heterocycles. The van der Waals surface area contributed by atoms with E-state index in [1.807, 2.05) is 0 Å². The second-order valence-electron chi connectivity index (χ2n) is 4.58. The molecule has 0 N–H and O–H groups in total. The van der Waals surface area contributed by atoms with Gasteiger partial charge in [0, 0.05) is 20.8 Å². The lowest BCUT2D eigenvalue weighted by atomic mass is 10.1. The molecule has 0 aromatic heterocycles. The van der Waals surface area contributed by atoms with Crippen LogP contribution in [-0.4, -0.2) is 54.6 Å². The summed E-state index contributed by atoms with van der Waals surface area (Å²) in [7, 11) is 0. The van der Waals surface area contributed by atoms with Gasteiger partial charge >= 0.3 is 23.9 Å². The highest BCUT2D eigenvalue weighted by Crippen LogP contribution is 2.35. The fourth-order valence-electron chi connectivity index (χ4n) is 2.23. The fourth-order valence-corrected chi connectivity index (χ4v) is 2.23. The van der Waals surface area contributed by atoms with Crippen molar-refractivity contribution in [2.45, 2.75) is 51.5 Å². The Labute approximate surface area is 119 Å². The number of rotatable bonds is 3. The predicted molar refractivity (Wildman–Crippen MR) is 61.4 cm³/mol. The zero-order valence-corrected chi connectivity index (χ0v) is 11.6. The van der Waals surface area contributed by atoms with Gasteiger partial charge in [0.25, 0.3) is 0 Å². The molecule has 2 fully saturated rings. The maximum absolute atomic E-state index is 11.7. The highest BCUT2D eigenvalue weighted by atomic mass is 16.8. The zero-order chi connectivity index (χ0) is 15.7. The molecule has 9 nitrogen and oxygen atoms in total. The molecule has 0 saturated carbocycles.